The number of carbonyl (C=O) groups is 1. The molecule has 1 aromatic carbocycles. The van der Waals surface area contributed by atoms with Gasteiger partial charge in [0.2, 0.25) is 5.91 Å². The summed E-state index contributed by atoms with van der Waals surface area (Å²) in [5, 5.41) is 9.23. The SMILES string of the molecule is Cc1cc(CNCC(=O)Nc2cccc(F)c2)on1. The van der Waals surface area contributed by atoms with Crippen LogP contribution in [0.1, 0.15) is 11.5 Å². The molecule has 0 saturated heterocycles. The van der Waals surface area contributed by atoms with Crippen LogP contribution in [0.15, 0.2) is 34.9 Å². The van der Waals surface area contributed by atoms with Crippen LogP contribution in [0, 0.1) is 12.7 Å². The highest BCUT2D eigenvalue weighted by molar-refractivity contribution is 5.92. The molecule has 0 atom stereocenters. The van der Waals surface area contributed by atoms with Gasteiger partial charge < -0.3 is 15.2 Å². The fourth-order valence-corrected chi connectivity index (χ4v) is 1.57. The van der Waals surface area contributed by atoms with Crippen molar-refractivity contribution in [3.63, 3.8) is 0 Å². The first kappa shape index (κ1) is 13.2. The minimum atomic E-state index is -0.386. The van der Waals surface area contributed by atoms with E-state index in [1.807, 2.05) is 6.92 Å². The molecule has 0 unspecified atom stereocenters. The molecule has 2 N–H and O–H groups in total. The Labute approximate surface area is 109 Å². The Bertz CT molecular complexity index is 569. The molecule has 6 heteroatoms. The minimum Gasteiger partial charge on any atom is -0.360 e. The van der Waals surface area contributed by atoms with Gasteiger partial charge in [0.25, 0.3) is 0 Å². The van der Waals surface area contributed by atoms with Crippen LogP contribution in [-0.2, 0) is 11.3 Å². The van der Waals surface area contributed by atoms with Crippen LogP contribution < -0.4 is 10.6 Å². The molecule has 2 aromatic rings. The fourth-order valence-electron chi connectivity index (χ4n) is 1.57. The number of rotatable bonds is 5. The van der Waals surface area contributed by atoms with E-state index in [1.165, 1.54) is 18.2 Å². The predicted molar refractivity (Wildman–Crippen MR) is 68.0 cm³/mol. The van der Waals surface area contributed by atoms with Gasteiger partial charge in [0.1, 0.15) is 5.82 Å². The molecule has 1 heterocycles. The van der Waals surface area contributed by atoms with E-state index >= 15 is 0 Å². The van der Waals surface area contributed by atoms with Crippen molar-refractivity contribution in [2.75, 3.05) is 11.9 Å². The summed E-state index contributed by atoms with van der Waals surface area (Å²) in [5.74, 6) is 0.0285. The molecule has 0 bridgehead atoms. The molecule has 0 aliphatic carbocycles. The summed E-state index contributed by atoms with van der Waals surface area (Å²) in [5.41, 5.74) is 1.23. The number of anilines is 1. The monoisotopic (exact) mass is 263 g/mol. The second kappa shape index (κ2) is 6.10. The number of aryl methyl sites for hydroxylation is 1. The van der Waals surface area contributed by atoms with Crippen LogP contribution in [0.4, 0.5) is 10.1 Å². The fraction of sp³-hybridized carbons (Fsp3) is 0.231. The summed E-state index contributed by atoms with van der Waals surface area (Å²) in [6.45, 7) is 2.34. The number of amides is 1. The summed E-state index contributed by atoms with van der Waals surface area (Å²) in [4.78, 5) is 11.6. The Hall–Kier alpha value is -2.21. The number of aromatic nitrogens is 1. The van der Waals surface area contributed by atoms with Crippen LogP contribution in [0.25, 0.3) is 0 Å². The van der Waals surface area contributed by atoms with Crippen molar-refractivity contribution in [3.8, 4) is 0 Å². The highest BCUT2D eigenvalue weighted by Crippen LogP contribution is 2.08. The standard InChI is InChI=1S/C13H14FN3O2/c1-9-5-12(19-17-9)7-15-8-13(18)16-11-4-2-3-10(14)6-11/h2-6,15H,7-8H2,1H3,(H,16,18). The van der Waals surface area contributed by atoms with Crippen LogP contribution in [0.5, 0.6) is 0 Å². The zero-order valence-corrected chi connectivity index (χ0v) is 10.4. The molecule has 0 spiro atoms. The van der Waals surface area contributed by atoms with Gasteiger partial charge in [-0.05, 0) is 25.1 Å². The van der Waals surface area contributed by atoms with Crippen molar-refractivity contribution in [3.05, 3.63) is 47.6 Å². The molecule has 1 aromatic heterocycles. The van der Waals surface area contributed by atoms with Crippen molar-refractivity contribution in [1.29, 1.82) is 0 Å². The van der Waals surface area contributed by atoms with E-state index < -0.39 is 0 Å². The Balaban J connectivity index is 1.76. The van der Waals surface area contributed by atoms with E-state index in [9.17, 15) is 9.18 Å². The molecule has 5 nitrogen and oxygen atoms in total. The number of hydrogen-bond donors (Lipinski definition) is 2. The first-order valence-corrected chi connectivity index (χ1v) is 5.82. The molecule has 19 heavy (non-hydrogen) atoms. The van der Waals surface area contributed by atoms with Gasteiger partial charge in [-0.2, -0.15) is 0 Å². The van der Waals surface area contributed by atoms with E-state index in [2.05, 4.69) is 15.8 Å². The van der Waals surface area contributed by atoms with Gasteiger partial charge in [0.15, 0.2) is 5.76 Å². The maximum atomic E-state index is 12.9. The second-order valence-electron chi connectivity index (χ2n) is 4.10. The lowest BCUT2D eigenvalue weighted by Crippen LogP contribution is -2.27. The van der Waals surface area contributed by atoms with Crippen LogP contribution in [-0.4, -0.2) is 17.6 Å². The third-order valence-corrected chi connectivity index (χ3v) is 2.37. The number of nitrogens with one attached hydrogen (secondary N) is 2. The molecular formula is C13H14FN3O2. The lowest BCUT2D eigenvalue weighted by Gasteiger charge is -2.05. The molecule has 0 radical (unpaired) electrons. The van der Waals surface area contributed by atoms with Crippen LogP contribution in [0.2, 0.25) is 0 Å². The van der Waals surface area contributed by atoms with Gasteiger partial charge in [-0.15, -0.1) is 0 Å². The zero-order valence-electron chi connectivity index (χ0n) is 10.4. The molecule has 0 aliphatic heterocycles. The first-order chi connectivity index (χ1) is 9.13. The van der Waals surface area contributed by atoms with Crippen molar-refractivity contribution in [2.45, 2.75) is 13.5 Å². The van der Waals surface area contributed by atoms with Crippen molar-refractivity contribution >= 4 is 11.6 Å². The average molecular weight is 263 g/mol. The summed E-state index contributed by atoms with van der Waals surface area (Å²) in [6, 6.07) is 7.53. The first-order valence-electron chi connectivity index (χ1n) is 5.82. The third kappa shape index (κ3) is 4.18. The summed E-state index contributed by atoms with van der Waals surface area (Å²) < 4.78 is 17.9. The van der Waals surface area contributed by atoms with Crippen molar-refractivity contribution in [2.24, 2.45) is 0 Å². The van der Waals surface area contributed by atoms with E-state index in [4.69, 9.17) is 4.52 Å². The highest BCUT2D eigenvalue weighted by Gasteiger charge is 2.04. The number of benzene rings is 1. The zero-order chi connectivity index (χ0) is 13.7. The topological polar surface area (TPSA) is 67.2 Å². The van der Waals surface area contributed by atoms with Crippen LogP contribution >= 0.6 is 0 Å². The Morgan fingerprint density at radius 1 is 1.42 bits per heavy atom. The third-order valence-electron chi connectivity index (χ3n) is 2.37. The average Bonchev–Trinajstić information content (AvgIpc) is 2.75. The van der Waals surface area contributed by atoms with Gasteiger partial charge >= 0.3 is 0 Å². The van der Waals surface area contributed by atoms with Crippen LogP contribution in [0.3, 0.4) is 0 Å². The molecule has 0 saturated carbocycles. The quantitative estimate of drug-likeness (QED) is 0.864. The van der Waals surface area contributed by atoms with E-state index in [-0.39, 0.29) is 18.3 Å². The van der Waals surface area contributed by atoms with Crippen molar-refractivity contribution in [1.82, 2.24) is 10.5 Å². The predicted octanol–water partition coefficient (Wildman–Crippen LogP) is 1.85. The van der Waals surface area contributed by atoms with Gasteiger partial charge in [-0.3, -0.25) is 4.79 Å². The van der Waals surface area contributed by atoms with Gasteiger partial charge in [0.05, 0.1) is 18.8 Å². The normalized spacial score (nSPS) is 10.4. The smallest absolute Gasteiger partial charge is 0.238 e. The number of carbonyl (C=O) groups excluding carboxylic acids is 1. The maximum absolute atomic E-state index is 12.9. The highest BCUT2D eigenvalue weighted by atomic mass is 19.1. The Morgan fingerprint density at radius 2 is 2.26 bits per heavy atom. The maximum Gasteiger partial charge on any atom is 0.238 e. The van der Waals surface area contributed by atoms with Gasteiger partial charge in [-0.25, -0.2) is 4.39 Å². The number of nitrogens with zero attached hydrogens (tertiary/aromatic N) is 1. The molecular weight excluding hydrogens is 249 g/mol. The number of halogens is 1. The van der Waals surface area contributed by atoms with Gasteiger partial charge in [-0.1, -0.05) is 11.2 Å². The Morgan fingerprint density at radius 3 is 2.95 bits per heavy atom. The summed E-state index contributed by atoms with van der Waals surface area (Å²) >= 11 is 0. The molecule has 0 fully saturated rings. The summed E-state index contributed by atoms with van der Waals surface area (Å²) in [7, 11) is 0. The molecule has 1 amide bonds. The van der Waals surface area contributed by atoms with Gasteiger partial charge in [0, 0.05) is 11.8 Å². The lowest BCUT2D eigenvalue weighted by molar-refractivity contribution is -0.115. The van der Waals surface area contributed by atoms with E-state index in [1.54, 1.807) is 12.1 Å². The summed E-state index contributed by atoms with van der Waals surface area (Å²) in [6.07, 6.45) is 0. The lowest BCUT2D eigenvalue weighted by atomic mass is 10.3. The number of hydrogen-bond acceptors (Lipinski definition) is 4. The largest absolute Gasteiger partial charge is 0.360 e. The van der Waals surface area contributed by atoms with E-state index in [0.29, 0.717) is 18.0 Å². The molecule has 0 aliphatic rings. The second-order valence-corrected chi connectivity index (χ2v) is 4.10. The van der Waals surface area contributed by atoms with E-state index in [0.717, 1.165) is 5.69 Å². The van der Waals surface area contributed by atoms with Crippen molar-refractivity contribution < 1.29 is 13.7 Å². The molecule has 100 valence electrons. The minimum absolute atomic E-state index is 0.107. The Kier molecular flexibility index (Phi) is 4.25. The molecule has 2 rings (SSSR count).